The van der Waals surface area contributed by atoms with Crippen LogP contribution < -0.4 is 10.9 Å². The van der Waals surface area contributed by atoms with Crippen LogP contribution in [0.1, 0.15) is 29.3 Å². The van der Waals surface area contributed by atoms with Gasteiger partial charge in [0.1, 0.15) is 0 Å². The lowest BCUT2D eigenvalue weighted by Crippen LogP contribution is -2.46. The normalized spacial score (nSPS) is 11.4. The number of rotatable bonds is 6. The van der Waals surface area contributed by atoms with Crippen LogP contribution in [0.4, 0.5) is 0 Å². The monoisotopic (exact) mass is 346 g/mol. The highest BCUT2D eigenvalue weighted by molar-refractivity contribution is 7.07. The van der Waals surface area contributed by atoms with E-state index >= 15 is 0 Å². The molecular weight excluding hydrogens is 328 g/mol. The number of benzene rings is 1. The molecule has 7 heteroatoms. The van der Waals surface area contributed by atoms with E-state index < -0.39 is 23.9 Å². The van der Waals surface area contributed by atoms with Crippen LogP contribution in [-0.2, 0) is 20.7 Å². The molecule has 1 aromatic carbocycles. The highest BCUT2D eigenvalue weighted by Crippen LogP contribution is 2.09. The molecule has 0 aliphatic rings. The maximum Gasteiger partial charge on any atom is 0.306 e. The summed E-state index contributed by atoms with van der Waals surface area (Å²) >= 11 is 1.56. The second-order valence-electron chi connectivity index (χ2n) is 5.07. The third kappa shape index (κ3) is 5.51. The third-order valence-electron chi connectivity index (χ3n) is 3.21. The Balaban J connectivity index is 1.71. The summed E-state index contributed by atoms with van der Waals surface area (Å²) in [6, 6.07) is 10.4. The van der Waals surface area contributed by atoms with Gasteiger partial charge in [-0.25, -0.2) is 0 Å². The van der Waals surface area contributed by atoms with E-state index in [0.717, 1.165) is 5.56 Å². The van der Waals surface area contributed by atoms with Gasteiger partial charge >= 0.3 is 5.97 Å². The summed E-state index contributed by atoms with van der Waals surface area (Å²) in [5.41, 5.74) is 5.99. The summed E-state index contributed by atoms with van der Waals surface area (Å²) < 4.78 is 5.05. The molecule has 0 aliphatic carbocycles. The first kappa shape index (κ1) is 17.7. The second-order valence-corrected chi connectivity index (χ2v) is 5.85. The quantitative estimate of drug-likeness (QED) is 0.619. The van der Waals surface area contributed by atoms with E-state index in [1.165, 1.54) is 6.92 Å². The zero-order valence-electron chi connectivity index (χ0n) is 13.2. The van der Waals surface area contributed by atoms with Gasteiger partial charge in [-0.1, -0.05) is 18.2 Å². The van der Waals surface area contributed by atoms with Crippen LogP contribution in [0, 0.1) is 0 Å². The van der Waals surface area contributed by atoms with E-state index in [-0.39, 0.29) is 6.42 Å². The summed E-state index contributed by atoms with van der Waals surface area (Å²) in [7, 11) is 0. The largest absolute Gasteiger partial charge is 0.452 e. The van der Waals surface area contributed by atoms with Gasteiger partial charge in [-0.3, -0.25) is 25.2 Å². The first-order valence-corrected chi connectivity index (χ1v) is 8.36. The van der Waals surface area contributed by atoms with E-state index in [1.807, 2.05) is 16.8 Å². The molecule has 2 rings (SSSR count). The molecule has 0 saturated carbocycles. The van der Waals surface area contributed by atoms with Crippen LogP contribution in [0.2, 0.25) is 0 Å². The van der Waals surface area contributed by atoms with Crippen molar-refractivity contribution in [3.63, 3.8) is 0 Å². The number of ether oxygens (including phenoxy) is 1. The molecule has 0 saturated heterocycles. The lowest BCUT2D eigenvalue weighted by atomic mass is 10.2. The number of aryl methyl sites for hydroxylation is 1. The predicted octanol–water partition coefficient (Wildman–Crippen LogP) is 2.07. The van der Waals surface area contributed by atoms with E-state index in [9.17, 15) is 14.4 Å². The van der Waals surface area contributed by atoms with Crippen molar-refractivity contribution < 1.29 is 19.1 Å². The Morgan fingerprint density at radius 2 is 1.88 bits per heavy atom. The Bertz CT molecular complexity index is 686. The molecule has 2 aromatic rings. The van der Waals surface area contributed by atoms with Crippen LogP contribution in [-0.4, -0.2) is 23.9 Å². The molecular formula is C17H18N2O4S. The second kappa shape index (κ2) is 8.83. The highest BCUT2D eigenvalue weighted by Gasteiger charge is 2.18. The molecule has 6 nitrogen and oxygen atoms in total. The Labute approximate surface area is 143 Å². The third-order valence-corrected chi connectivity index (χ3v) is 3.94. The van der Waals surface area contributed by atoms with Crippen LogP contribution >= 0.6 is 11.3 Å². The number of hydrogen-bond acceptors (Lipinski definition) is 5. The van der Waals surface area contributed by atoms with E-state index in [2.05, 4.69) is 10.9 Å². The Kier molecular flexibility index (Phi) is 6.51. The first-order valence-electron chi connectivity index (χ1n) is 7.42. The SMILES string of the molecule is C[C@@H](OC(=O)CCc1ccsc1)C(=O)NNC(=O)c1ccccc1. The standard InChI is InChI=1S/C17H18N2O4S/c1-12(23-15(20)8-7-13-9-10-24-11-13)16(21)18-19-17(22)14-5-3-2-4-6-14/h2-6,9-12H,7-8H2,1H3,(H,18,21)(H,19,22)/t12-/m1/s1. The summed E-state index contributed by atoms with van der Waals surface area (Å²) in [6.07, 6.45) is -0.220. The molecule has 2 amide bonds. The maximum absolute atomic E-state index is 11.8. The van der Waals surface area contributed by atoms with E-state index in [4.69, 9.17) is 4.74 Å². The fourth-order valence-electron chi connectivity index (χ4n) is 1.87. The van der Waals surface area contributed by atoms with Crippen molar-refractivity contribution in [1.29, 1.82) is 0 Å². The number of thiophene rings is 1. The van der Waals surface area contributed by atoms with Gasteiger partial charge in [0, 0.05) is 12.0 Å². The predicted molar refractivity (Wildman–Crippen MR) is 90.2 cm³/mol. The minimum absolute atomic E-state index is 0.199. The summed E-state index contributed by atoms with van der Waals surface area (Å²) in [4.78, 5) is 35.4. The highest BCUT2D eigenvalue weighted by atomic mass is 32.1. The molecule has 0 radical (unpaired) electrons. The van der Waals surface area contributed by atoms with Gasteiger partial charge in [-0.2, -0.15) is 11.3 Å². The minimum atomic E-state index is -0.990. The van der Waals surface area contributed by atoms with Crippen LogP contribution in [0.25, 0.3) is 0 Å². The summed E-state index contributed by atoms with van der Waals surface area (Å²) in [5, 5.41) is 3.90. The zero-order chi connectivity index (χ0) is 17.4. The Morgan fingerprint density at radius 1 is 1.12 bits per heavy atom. The van der Waals surface area contributed by atoms with Crippen molar-refractivity contribution in [1.82, 2.24) is 10.9 Å². The molecule has 24 heavy (non-hydrogen) atoms. The molecule has 0 aliphatic heterocycles. The zero-order valence-corrected chi connectivity index (χ0v) is 14.0. The molecule has 1 aromatic heterocycles. The summed E-state index contributed by atoms with van der Waals surface area (Å²) in [5.74, 6) is -1.50. The van der Waals surface area contributed by atoms with Gasteiger partial charge in [-0.05, 0) is 47.9 Å². The molecule has 126 valence electrons. The van der Waals surface area contributed by atoms with Gasteiger partial charge in [0.15, 0.2) is 6.10 Å². The van der Waals surface area contributed by atoms with E-state index in [1.54, 1.807) is 41.7 Å². The van der Waals surface area contributed by atoms with Gasteiger partial charge in [-0.15, -0.1) is 0 Å². The smallest absolute Gasteiger partial charge is 0.306 e. The molecule has 0 spiro atoms. The number of esters is 1. The molecule has 1 heterocycles. The van der Waals surface area contributed by atoms with Crippen molar-refractivity contribution in [2.75, 3.05) is 0 Å². The Morgan fingerprint density at radius 3 is 2.54 bits per heavy atom. The fourth-order valence-corrected chi connectivity index (χ4v) is 2.58. The molecule has 0 bridgehead atoms. The van der Waals surface area contributed by atoms with Crippen molar-refractivity contribution in [3.05, 3.63) is 58.3 Å². The number of hydrogen-bond donors (Lipinski definition) is 2. The van der Waals surface area contributed by atoms with Crippen molar-refractivity contribution in [2.24, 2.45) is 0 Å². The number of hydrazine groups is 1. The lowest BCUT2D eigenvalue weighted by Gasteiger charge is -2.14. The van der Waals surface area contributed by atoms with Crippen molar-refractivity contribution in [3.8, 4) is 0 Å². The molecule has 1 atom stereocenters. The minimum Gasteiger partial charge on any atom is -0.452 e. The number of nitrogens with one attached hydrogen (secondary N) is 2. The van der Waals surface area contributed by atoms with Crippen LogP contribution in [0.5, 0.6) is 0 Å². The van der Waals surface area contributed by atoms with Gasteiger partial charge in [0.05, 0.1) is 0 Å². The van der Waals surface area contributed by atoms with Crippen molar-refractivity contribution >= 4 is 29.1 Å². The van der Waals surface area contributed by atoms with Gasteiger partial charge in [0.25, 0.3) is 11.8 Å². The molecule has 0 unspecified atom stereocenters. The molecule has 2 N–H and O–H groups in total. The fraction of sp³-hybridized carbons (Fsp3) is 0.235. The van der Waals surface area contributed by atoms with Crippen LogP contribution in [0.15, 0.2) is 47.2 Å². The van der Waals surface area contributed by atoms with Gasteiger partial charge in [0.2, 0.25) is 0 Å². The number of carbonyl (C=O) groups is 3. The average molecular weight is 346 g/mol. The molecule has 0 fully saturated rings. The van der Waals surface area contributed by atoms with Crippen LogP contribution in [0.3, 0.4) is 0 Å². The first-order chi connectivity index (χ1) is 11.6. The topological polar surface area (TPSA) is 84.5 Å². The maximum atomic E-state index is 11.8. The number of carbonyl (C=O) groups excluding carboxylic acids is 3. The summed E-state index contributed by atoms with van der Waals surface area (Å²) in [6.45, 7) is 1.45. The average Bonchev–Trinajstić information content (AvgIpc) is 3.11. The number of amides is 2. The van der Waals surface area contributed by atoms with E-state index in [0.29, 0.717) is 12.0 Å². The van der Waals surface area contributed by atoms with Crippen molar-refractivity contribution in [2.45, 2.75) is 25.9 Å². The van der Waals surface area contributed by atoms with Gasteiger partial charge < -0.3 is 4.74 Å². The Hall–Kier alpha value is -2.67. The lowest BCUT2D eigenvalue weighted by molar-refractivity contribution is -0.155.